The lowest BCUT2D eigenvalue weighted by Crippen LogP contribution is -2.49. The van der Waals surface area contributed by atoms with E-state index in [9.17, 15) is 4.79 Å². The quantitative estimate of drug-likeness (QED) is 0.598. The molecule has 2 aliphatic rings. The Morgan fingerprint density at radius 3 is 2.12 bits per heavy atom. The minimum absolute atomic E-state index is 0.171. The van der Waals surface area contributed by atoms with Crippen LogP contribution < -0.4 is 5.32 Å². The Hall–Kier alpha value is -0.490. The Morgan fingerprint density at radius 2 is 1.54 bits per heavy atom. The van der Waals surface area contributed by atoms with Crippen molar-refractivity contribution in [2.45, 2.75) is 53.0 Å². The van der Waals surface area contributed by atoms with E-state index in [2.05, 4.69) is 33.9 Å². The Morgan fingerprint density at radius 1 is 0.923 bits per heavy atom. The molecule has 5 heteroatoms. The van der Waals surface area contributed by atoms with Crippen LogP contribution in [0.25, 0.3) is 0 Å². The molecule has 2 rings (SSSR count). The zero-order valence-electron chi connectivity index (χ0n) is 17.7. The lowest BCUT2D eigenvalue weighted by molar-refractivity contribution is -0.123. The van der Waals surface area contributed by atoms with E-state index in [1.807, 2.05) is 13.8 Å². The molecule has 0 radical (unpaired) electrons. The number of hydrogen-bond acceptors (Lipinski definition) is 5. The van der Waals surface area contributed by atoms with E-state index in [0.717, 1.165) is 25.6 Å². The van der Waals surface area contributed by atoms with Crippen LogP contribution in [-0.4, -0.2) is 92.0 Å². The van der Waals surface area contributed by atoms with Crippen molar-refractivity contribution in [3.8, 4) is 0 Å². The number of ketones is 1. The van der Waals surface area contributed by atoms with Crippen molar-refractivity contribution < 1.29 is 4.79 Å². The highest BCUT2D eigenvalue weighted by Crippen LogP contribution is 2.19. The second-order valence-corrected chi connectivity index (χ2v) is 8.95. The maximum Gasteiger partial charge on any atom is 0.149 e. The number of nitrogens with one attached hydrogen (secondary N) is 1. The van der Waals surface area contributed by atoms with Crippen LogP contribution in [-0.2, 0) is 4.79 Å². The van der Waals surface area contributed by atoms with E-state index in [-0.39, 0.29) is 5.92 Å². The number of piperazine rings is 1. The van der Waals surface area contributed by atoms with Crippen LogP contribution in [0.2, 0.25) is 0 Å². The van der Waals surface area contributed by atoms with Gasteiger partial charge in [-0.25, -0.2) is 0 Å². The number of Topliss-reactive ketones (excluding diaryl/α,β-unsaturated/α-hetero) is 1. The maximum absolute atomic E-state index is 11.9. The number of likely N-dealkylation sites (tertiary alicyclic amines) is 1. The van der Waals surface area contributed by atoms with Crippen molar-refractivity contribution >= 4 is 5.78 Å². The van der Waals surface area contributed by atoms with Crippen LogP contribution in [0.4, 0.5) is 0 Å². The summed E-state index contributed by atoms with van der Waals surface area (Å²) >= 11 is 0. The molecule has 2 fully saturated rings. The summed E-state index contributed by atoms with van der Waals surface area (Å²) in [6.07, 6.45) is 3.77. The van der Waals surface area contributed by atoms with Gasteiger partial charge in [-0.05, 0) is 51.4 Å². The maximum atomic E-state index is 11.9. The molecule has 26 heavy (non-hydrogen) atoms. The van der Waals surface area contributed by atoms with Gasteiger partial charge in [0.05, 0.1) is 6.54 Å². The first-order chi connectivity index (χ1) is 12.4. The summed E-state index contributed by atoms with van der Waals surface area (Å²) < 4.78 is 0. The minimum atomic E-state index is 0.171. The summed E-state index contributed by atoms with van der Waals surface area (Å²) in [6, 6.07) is 0.599. The first kappa shape index (κ1) is 21.8. The molecule has 152 valence electrons. The van der Waals surface area contributed by atoms with Crippen molar-refractivity contribution in [2.75, 3.05) is 65.4 Å². The fourth-order valence-corrected chi connectivity index (χ4v) is 3.98. The summed E-state index contributed by atoms with van der Waals surface area (Å²) in [6.45, 7) is 19.8. The predicted molar refractivity (Wildman–Crippen MR) is 110 cm³/mol. The number of nitrogens with zero attached hydrogens (tertiary/aromatic N) is 3. The largest absolute Gasteiger partial charge is 0.314 e. The van der Waals surface area contributed by atoms with E-state index in [4.69, 9.17) is 0 Å². The van der Waals surface area contributed by atoms with Gasteiger partial charge in [0.25, 0.3) is 0 Å². The van der Waals surface area contributed by atoms with Crippen LogP contribution in [0.3, 0.4) is 0 Å². The highest BCUT2D eigenvalue weighted by molar-refractivity contribution is 5.82. The van der Waals surface area contributed by atoms with Gasteiger partial charge in [0.1, 0.15) is 5.78 Å². The van der Waals surface area contributed by atoms with Gasteiger partial charge in [0.2, 0.25) is 0 Å². The molecule has 0 amide bonds. The fraction of sp³-hybridized carbons (Fsp3) is 0.952. The number of carbonyl (C=O) groups is 1. The van der Waals surface area contributed by atoms with Crippen LogP contribution in [0.1, 0.15) is 47.0 Å². The molecule has 2 heterocycles. The van der Waals surface area contributed by atoms with E-state index < -0.39 is 0 Å². The summed E-state index contributed by atoms with van der Waals surface area (Å²) in [4.78, 5) is 19.6. The lowest BCUT2D eigenvalue weighted by Gasteiger charge is -2.39. The Balaban J connectivity index is 1.55. The summed E-state index contributed by atoms with van der Waals surface area (Å²) in [5.74, 6) is 1.38. The first-order valence-electron chi connectivity index (χ1n) is 10.9. The van der Waals surface area contributed by atoms with Crippen LogP contribution in [0, 0.1) is 11.8 Å². The van der Waals surface area contributed by atoms with Gasteiger partial charge in [-0.1, -0.05) is 27.7 Å². The SMILES string of the molecule is CC(C)NCCCN1CCN(CC2CCN(CC(=O)C(C)C)CC2)CC1. The van der Waals surface area contributed by atoms with Gasteiger partial charge < -0.3 is 15.1 Å². The van der Waals surface area contributed by atoms with Crippen molar-refractivity contribution in [3.63, 3.8) is 0 Å². The van der Waals surface area contributed by atoms with Gasteiger partial charge in [-0.15, -0.1) is 0 Å². The molecule has 0 aromatic rings. The van der Waals surface area contributed by atoms with Gasteiger partial charge in [0.15, 0.2) is 0 Å². The van der Waals surface area contributed by atoms with Crippen molar-refractivity contribution in [1.82, 2.24) is 20.0 Å². The predicted octanol–water partition coefficient (Wildman–Crippen LogP) is 1.93. The Kier molecular flexibility index (Phi) is 9.54. The summed E-state index contributed by atoms with van der Waals surface area (Å²) in [5, 5.41) is 3.51. The zero-order chi connectivity index (χ0) is 18.9. The highest BCUT2D eigenvalue weighted by Gasteiger charge is 2.25. The number of carbonyl (C=O) groups excluding carboxylic acids is 1. The summed E-state index contributed by atoms with van der Waals surface area (Å²) in [7, 11) is 0. The topological polar surface area (TPSA) is 38.8 Å². The highest BCUT2D eigenvalue weighted by atomic mass is 16.1. The third-order valence-corrected chi connectivity index (χ3v) is 5.92. The third kappa shape index (κ3) is 8.03. The molecular weight excluding hydrogens is 324 g/mol. The number of hydrogen-bond donors (Lipinski definition) is 1. The van der Waals surface area contributed by atoms with Gasteiger partial charge in [-0.2, -0.15) is 0 Å². The Bertz CT molecular complexity index is 397. The van der Waals surface area contributed by atoms with E-state index in [0.29, 0.717) is 18.4 Å². The molecule has 0 atom stereocenters. The molecule has 0 bridgehead atoms. The second-order valence-electron chi connectivity index (χ2n) is 8.95. The molecule has 2 aliphatic heterocycles. The number of rotatable bonds is 10. The molecule has 0 saturated carbocycles. The normalized spacial score (nSPS) is 21.8. The fourth-order valence-electron chi connectivity index (χ4n) is 3.98. The Labute approximate surface area is 161 Å². The zero-order valence-corrected chi connectivity index (χ0v) is 17.7. The number of piperidine rings is 1. The van der Waals surface area contributed by atoms with Gasteiger partial charge >= 0.3 is 0 Å². The van der Waals surface area contributed by atoms with Crippen LogP contribution >= 0.6 is 0 Å². The van der Waals surface area contributed by atoms with Crippen molar-refractivity contribution in [2.24, 2.45) is 11.8 Å². The third-order valence-electron chi connectivity index (χ3n) is 5.92. The van der Waals surface area contributed by atoms with Gasteiger partial charge in [0, 0.05) is 44.7 Å². The molecule has 5 nitrogen and oxygen atoms in total. The average Bonchev–Trinajstić information content (AvgIpc) is 2.61. The van der Waals surface area contributed by atoms with E-state index in [1.165, 1.54) is 58.5 Å². The molecule has 0 unspecified atom stereocenters. The van der Waals surface area contributed by atoms with E-state index in [1.54, 1.807) is 0 Å². The second kappa shape index (κ2) is 11.4. The smallest absolute Gasteiger partial charge is 0.149 e. The van der Waals surface area contributed by atoms with Crippen molar-refractivity contribution in [1.29, 1.82) is 0 Å². The molecule has 0 spiro atoms. The molecule has 0 aliphatic carbocycles. The van der Waals surface area contributed by atoms with Crippen molar-refractivity contribution in [3.05, 3.63) is 0 Å². The molecule has 0 aromatic heterocycles. The molecule has 1 N–H and O–H groups in total. The molecule has 2 saturated heterocycles. The minimum Gasteiger partial charge on any atom is -0.314 e. The molecular formula is C21H42N4O. The standard InChI is InChI=1S/C21H42N4O/c1-18(2)21(26)17-24-10-6-20(7-11-24)16-25-14-12-23(13-15-25)9-5-8-22-19(3)4/h18-20,22H,5-17H2,1-4H3. The van der Waals surface area contributed by atoms with Crippen LogP contribution in [0.15, 0.2) is 0 Å². The average molecular weight is 367 g/mol. The van der Waals surface area contributed by atoms with Gasteiger partial charge in [-0.3, -0.25) is 9.69 Å². The van der Waals surface area contributed by atoms with E-state index >= 15 is 0 Å². The monoisotopic (exact) mass is 366 g/mol. The molecule has 0 aromatic carbocycles. The van der Waals surface area contributed by atoms with Crippen LogP contribution in [0.5, 0.6) is 0 Å². The first-order valence-corrected chi connectivity index (χ1v) is 10.9. The summed E-state index contributed by atoms with van der Waals surface area (Å²) in [5.41, 5.74) is 0. The lowest BCUT2D eigenvalue weighted by atomic mass is 9.95.